The first-order chi connectivity index (χ1) is 9.74. The van der Waals surface area contributed by atoms with E-state index in [1.807, 2.05) is 13.0 Å². The van der Waals surface area contributed by atoms with E-state index < -0.39 is 0 Å². The highest BCUT2D eigenvalue weighted by Crippen LogP contribution is 2.31. The molecule has 0 saturated heterocycles. The molecule has 20 heavy (non-hydrogen) atoms. The molecular weight excluding hydrogens is 266 g/mol. The van der Waals surface area contributed by atoms with E-state index >= 15 is 0 Å². The smallest absolute Gasteiger partial charge is 0.0727 e. The zero-order valence-corrected chi connectivity index (χ0v) is 12.7. The van der Waals surface area contributed by atoms with Gasteiger partial charge in [-0.2, -0.15) is 5.10 Å². The van der Waals surface area contributed by atoms with Gasteiger partial charge in [0, 0.05) is 22.5 Å². The molecule has 0 aliphatic heterocycles. The summed E-state index contributed by atoms with van der Waals surface area (Å²) in [6, 6.07) is 8.95. The van der Waals surface area contributed by atoms with E-state index in [1.54, 1.807) is 11.8 Å². The summed E-state index contributed by atoms with van der Waals surface area (Å²) in [4.78, 5) is 1.15. The zero-order chi connectivity index (χ0) is 13.9. The lowest BCUT2D eigenvalue weighted by atomic mass is 10.2. The Kier molecular flexibility index (Phi) is 4.01. The highest BCUT2D eigenvalue weighted by molar-refractivity contribution is 7.98. The number of aromatic nitrogens is 2. The van der Waals surface area contributed by atoms with Gasteiger partial charge in [-0.1, -0.05) is 25.0 Å². The minimum Gasteiger partial charge on any atom is -0.398 e. The van der Waals surface area contributed by atoms with E-state index in [1.165, 1.54) is 25.7 Å². The lowest BCUT2D eigenvalue weighted by molar-refractivity contribution is 0.464. The van der Waals surface area contributed by atoms with Gasteiger partial charge in [0.15, 0.2) is 0 Å². The molecule has 1 aromatic carbocycles. The molecule has 1 saturated carbocycles. The second-order valence-electron chi connectivity index (χ2n) is 5.50. The normalized spacial score (nSPS) is 15.8. The third-order valence-electron chi connectivity index (χ3n) is 4.02. The summed E-state index contributed by atoms with van der Waals surface area (Å²) in [5.74, 6) is 0.882. The molecule has 2 aromatic rings. The molecule has 3 rings (SSSR count). The number of nitrogens with zero attached hydrogens (tertiary/aromatic N) is 2. The van der Waals surface area contributed by atoms with Gasteiger partial charge in [0.05, 0.1) is 11.7 Å². The SMILES string of the molecule is Cc1cccc(SCc2ccn(C3CCCC3)n2)c1N. The van der Waals surface area contributed by atoms with Crippen molar-refractivity contribution < 1.29 is 0 Å². The summed E-state index contributed by atoms with van der Waals surface area (Å²) in [6.07, 6.45) is 7.37. The van der Waals surface area contributed by atoms with Gasteiger partial charge in [-0.25, -0.2) is 0 Å². The van der Waals surface area contributed by atoms with Crippen LogP contribution in [0.4, 0.5) is 5.69 Å². The summed E-state index contributed by atoms with van der Waals surface area (Å²) in [6.45, 7) is 2.05. The van der Waals surface area contributed by atoms with Crippen molar-refractivity contribution in [3.8, 4) is 0 Å². The number of nitrogens with two attached hydrogens (primary N) is 1. The molecule has 0 radical (unpaired) electrons. The Bertz CT molecular complexity index is 585. The molecule has 1 fully saturated rings. The van der Waals surface area contributed by atoms with E-state index in [2.05, 4.69) is 29.1 Å². The molecule has 1 heterocycles. The van der Waals surface area contributed by atoms with Gasteiger partial charge in [0.1, 0.15) is 0 Å². The average molecular weight is 287 g/mol. The van der Waals surface area contributed by atoms with Crippen molar-refractivity contribution in [1.82, 2.24) is 9.78 Å². The Morgan fingerprint density at radius 1 is 1.30 bits per heavy atom. The van der Waals surface area contributed by atoms with Crippen LogP contribution >= 0.6 is 11.8 Å². The maximum absolute atomic E-state index is 6.11. The largest absolute Gasteiger partial charge is 0.398 e. The van der Waals surface area contributed by atoms with Gasteiger partial charge in [-0.15, -0.1) is 11.8 Å². The van der Waals surface area contributed by atoms with Gasteiger partial charge in [0.25, 0.3) is 0 Å². The molecule has 3 nitrogen and oxygen atoms in total. The summed E-state index contributed by atoms with van der Waals surface area (Å²) >= 11 is 1.77. The van der Waals surface area contributed by atoms with Crippen LogP contribution in [-0.2, 0) is 5.75 Å². The first-order valence-electron chi connectivity index (χ1n) is 7.26. The van der Waals surface area contributed by atoms with E-state index in [-0.39, 0.29) is 0 Å². The minimum absolute atomic E-state index is 0.623. The third-order valence-corrected chi connectivity index (χ3v) is 5.13. The third kappa shape index (κ3) is 2.85. The summed E-state index contributed by atoms with van der Waals surface area (Å²) in [5, 5.41) is 4.71. The fourth-order valence-corrected chi connectivity index (χ4v) is 3.71. The number of anilines is 1. The monoisotopic (exact) mass is 287 g/mol. The van der Waals surface area contributed by atoms with Crippen molar-refractivity contribution in [2.45, 2.75) is 49.3 Å². The lowest BCUT2D eigenvalue weighted by Gasteiger charge is -2.09. The van der Waals surface area contributed by atoms with E-state index in [0.717, 1.165) is 27.6 Å². The average Bonchev–Trinajstić information content (AvgIpc) is 3.10. The number of para-hydroxylation sites is 1. The number of rotatable bonds is 4. The van der Waals surface area contributed by atoms with Crippen LogP contribution in [0.2, 0.25) is 0 Å². The first kappa shape index (κ1) is 13.6. The van der Waals surface area contributed by atoms with Crippen molar-refractivity contribution in [2.75, 3.05) is 5.73 Å². The van der Waals surface area contributed by atoms with Crippen molar-refractivity contribution >= 4 is 17.4 Å². The highest BCUT2D eigenvalue weighted by Gasteiger charge is 2.17. The predicted octanol–water partition coefficient (Wildman–Crippen LogP) is 4.18. The van der Waals surface area contributed by atoms with Crippen LogP contribution in [0.1, 0.15) is 43.0 Å². The summed E-state index contributed by atoms with van der Waals surface area (Å²) in [5.41, 5.74) is 9.29. The van der Waals surface area contributed by atoms with Crippen LogP contribution in [0.15, 0.2) is 35.4 Å². The lowest BCUT2D eigenvalue weighted by Crippen LogP contribution is -2.05. The Labute approximate surface area is 124 Å². The summed E-state index contributed by atoms with van der Waals surface area (Å²) in [7, 11) is 0. The van der Waals surface area contributed by atoms with Crippen LogP contribution < -0.4 is 5.73 Å². The van der Waals surface area contributed by atoms with E-state index in [9.17, 15) is 0 Å². The van der Waals surface area contributed by atoms with E-state index in [0.29, 0.717) is 6.04 Å². The van der Waals surface area contributed by atoms with Gasteiger partial charge in [-0.05, 0) is 37.5 Å². The fourth-order valence-electron chi connectivity index (χ4n) is 2.76. The molecular formula is C16H21N3S. The van der Waals surface area contributed by atoms with Crippen LogP contribution in [0.3, 0.4) is 0 Å². The predicted molar refractivity (Wildman–Crippen MR) is 84.9 cm³/mol. The van der Waals surface area contributed by atoms with Gasteiger partial charge in [0.2, 0.25) is 0 Å². The quantitative estimate of drug-likeness (QED) is 0.677. The van der Waals surface area contributed by atoms with Crippen molar-refractivity contribution in [1.29, 1.82) is 0 Å². The van der Waals surface area contributed by atoms with Crippen molar-refractivity contribution in [3.05, 3.63) is 41.7 Å². The Morgan fingerprint density at radius 2 is 2.10 bits per heavy atom. The Balaban J connectivity index is 1.65. The summed E-state index contributed by atoms with van der Waals surface area (Å²) < 4.78 is 2.16. The molecule has 0 spiro atoms. The number of thioether (sulfide) groups is 1. The number of hydrogen-bond donors (Lipinski definition) is 1. The Morgan fingerprint density at radius 3 is 2.90 bits per heavy atom. The van der Waals surface area contributed by atoms with Crippen LogP contribution in [0.25, 0.3) is 0 Å². The molecule has 1 aliphatic carbocycles. The molecule has 0 amide bonds. The zero-order valence-electron chi connectivity index (χ0n) is 11.9. The van der Waals surface area contributed by atoms with Crippen LogP contribution in [0, 0.1) is 6.92 Å². The topological polar surface area (TPSA) is 43.8 Å². The first-order valence-corrected chi connectivity index (χ1v) is 8.24. The van der Waals surface area contributed by atoms with Crippen LogP contribution in [-0.4, -0.2) is 9.78 Å². The maximum Gasteiger partial charge on any atom is 0.0727 e. The molecule has 106 valence electrons. The number of nitrogen functional groups attached to an aromatic ring is 1. The van der Waals surface area contributed by atoms with E-state index in [4.69, 9.17) is 10.8 Å². The van der Waals surface area contributed by atoms with Gasteiger partial charge in [-0.3, -0.25) is 4.68 Å². The van der Waals surface area contributed by atoms with Crippen molar-refractivity contribution in [3.63, 3.8) is 0 Å². The number of benzene rings is 1. The highest BCUT2D eigenvalue weighted by atomic mass is 32.2. The number of hydrogen-bond acceptors (Lipinski definition) is 3. The fraction of sp³-hybridized carbons (Fsp3) is 0.438. The molecule has 1 aliphatic rings. The second-order valence-corrected chi connectivity index (χ2v) is 6.52. The molecule has 0 atom stereocenters. The minimum atomic E-state index is 0.623. The van der Waals surface area contributed by atoms with Gasteiger partial charge < -0.3 is 5.73 Å². The van der Waals surface area contributed by atoms with Crippen molar-refractivity contribution in [2.24, 2.45) is 0 Å². The Hall–Kier alpha value is -1.42. The molecule has 4 heteroatoms. The van der Waals surface area contributed by atoms with Gasteiger partial charge >= 0.3 is 0 Å². The maximum atomic E-state index is 6.11. The molecule has 1 aromatic heterocycles. The second kappa shape index (κ2) is 5.92. The number of aryl methyl sites for hydroxylation is 1. The molecule has 0 unspecified atom stereocenters. The van der Waals surface area contributed by atoms with Crippen LogP contribution in [0.5, 0.6) is 0 Å². The molecule has 0 bridgehead atoms. The standard InChI is InChI=1S/C16H21N3S/c1-12-5-4-8-15(16(12)17)20-11-13-9-10-19(18-13)14-6-2-3-7-14/h4-5,8-10,14H,2-3,6-7,11,17H2,1H3. The molecule has 2 N–H and O–H groups in total.